The predicted molar refractivity (Wildman–Crippen MR) is 81.5 cm³/mol. The van der Waals surface area contributed by atoms with Gasteiger partial charge in [0, 0.05) is 36.8 Å². The first-order valence-electron chi connectivity index (χ1n) is 6.43. The lowest BCUT2D eigenvalue weighted by Crippen LogP contribution is -2.35. The van der Waals surface area contributed by atoms with Crippen LogP contribution in [0.5, 0.6) is 0 Å². The summed E-state index contributed by atoms with van der Waals surface area (Å²) in [5.74, 6) is 0. The van der Waals surface area contributed by atoms with Gasteiger partial charge in [-0.05, 0) is 29.9 Å². The molecule has 1 aliphatic rings. The van der Waals surface area contributed by atoms with Crippen molar-refractivity contribution in [2.24, 2.45) is 0 Å². The van der Waals surface area contributed by atoms with Crippen molar-refractivity contribution in [1.29, 1.82) is 0 Å². The van der Waals surface area contributed by atoms with E-state index in [1.807, 2.05) is 24.3 Å². The molecule has 2 heterocycles. The Labute approximate surface area is 126 Å². The third-order valence-corrected chi connectivity index (χ3v) is 3.92. The normalized spacial score (nSPS) is 15.1. The second kappa shape index (κ2) is 5.52. The van der Waals surface area contributed by atoms with Gasteiger partial charge in [0.1, 0.15) is 0 Å². The van der Waals surface area contributed by atoms with Crippen LogP contribution in [0.25, 0.3) is 0 Å². The number of nitrogens with one attached hydrogen (secondary N) is 2. The smallest absolute Gasteiger partial charge is 0.256 e. The molecule has 0 spiro atoms. The fourth-order valence-corrected chi connectivity index (χ4v) is 2.97. The topological polar surface area (TPSA) is 51.9 Å². The Morgan fingerprint density at radius 2 is 2.20 bits per heavy atom. The number of nitrogens with zero attached hydrogens (tertiary/aromatic N) is 1. The number of rotatable bonds is 2. The maximum absolute atomic E-state index is 11.9. The van der Waals surface area contributed by atoms with Crippen LogP contribution in [0.4, 0.5) is 0 Å². The van der Waals surface area contributed by atoms with Crippen molar-refractivity contribution in [3.63, 3.8) is 0 Å². The molecule has 2 aromatic rings. The Balaban J connectivity index is 1.82. The zero-order valence-corrected chi connectivity index (χ0v) is 12.4. The molecule has 0 radical (unpaired) electrons. The minimum absolute atomic E-state index is 0.0838. The third-order valence-electron chi connectivity index (χ3n) is 3.48. The highest BCUT2D eigenvalue weighted by molar-refractivity contribution is 7.71. The zero-order valence-electron chi connectivity index (χ0n) is 10.8. The van der Waals surface area contributed by atoms with Gasteiger partial charge in [0.05, 0.1) is 5.56 Å². The van der Waals surface area contributed by atoms with Crippen LogP contribution in [-0.2, 0) is 19.5 Å². The van der Waals surface area contributed by atoms with Crippen molar-refractivity contribution in [3.8, 4) is 0 Å². The lowest BCUT2D eigenvalue weighted by atomic mass is 10.1. The molecule has 0 saturated carbocycles. The first-order chi connectivity index (χ1) is 9.61. The molecule has 0 atom stereocenters. The summed E-state index contributed by atoms with van der Waals surface area (Å²) in [6.45, 7) is 2.31. The quantitative estimate of drug-likeness (QED) is 0.839. The van der Waals surface area contributed by atoms with Gasteiger partial charge in [-0.25, -0.2) is 0 Å². The van der Waals surface area contributed by atoms with Gasteiger partial charge in [-0.2, -0.15) is 0 Å². The van der Waals surface area contributed by atoms with Crippen molar-refractivity contribution in [3.05, 3.63) is 61.2 Å². The van der Waals surface area contributed by atoms with E-state index in [4.69, 9.17) is 23.8 Å². The molecular weight excluding hydrogens is 294 g/mol. The van der Waals surface area contributed by atoms with Crippen molar-refractivity contribution in [1.82, 2.24) is 14.9 Å². The Morgan fingerprint density at radius 1 is 1.35 bits per heavy atom. The molecule has 4 nitrogen and oxygen atoms in total. The highest BCUT2D eigenvalue weighted by Crippen LogP contribution is 2.17. The van der Waals surface area contributed by atoms with E-state index in [9.17, 15) is 4.79 Å². The van der Waals surface area contributed by atoms with Crippen molar-refractivity contribution < 1.29 is 0 Å². The van der Waals surface area contributed by atoms with Crippen LogP contribution in [0.2, 0.25) is 5.02 Å². The summed E-state index contributed by atoms with van der Waals surface area (Å²) in [5.41, 5.74) is 2.81. The summed E-state index contributed by atoms with van der Waals surface area (Å²) in [6.07, 6.45) is 0.809. The Morgan fingerprint density at radius 3 is 3.00 bits per heavy atom. The van der Waals surface area contributed by atoms with E-state index >= 15 is 0 Å². The molecule has 3 rings (SSSR count). The van der Waals surface area contributed by atoms with Crippen molar-refractivity contribution in [2.75, 3.05) is 6.54 Å². The molecule has 0 saturated heterocycles. The Hall–Kier alpha value is -1.43. The van der Waals surface area contributed by atoms with Crippen LogP contribution in [0.15, 0.2) is 29.1 Å². The first kappa shape index (κ1) is 13.5. The summed E-state index contributed by atoms with van der Waals surface area (Å²) in [7, 11) is 0. The van der Waals surface area contributed by atoms with E-state index in [2.05, 4.69) is 14.9 Å². The van der Waals surface area contributed by atoms with Gasteiger partial charge in [0.2, 0.25) is 0 Å². The van der Waals surface area contributed by atoms with Crippen molar-refractivity contribution in [2.45, 2.75) is 19.5 Å². The van der Waals surface area contributed by atoms with Crippen LogP contribution in [0, 0.1) is 4.77 Å². The molecule has 104 valence electrons. The number of H-pyrrole nitrogens is 2. The van der Waals surface area contributed by atoms with E-state index < -0.39 is 0 Å². The molecule has 0 amide bonds. The van der Waals surface area contributed by atoms with Crippen LogP contribution >= 0.6 is 23.8 Å². The summed E-state index contributed by atoms with van der Waals surface area (Å²) in [5, 5.41) is 0.738. The van der Waals surface area contributed by atoms with Crippen LogP contribution in [0.3, 0.4) is 0 Å². The fraction of sp³-hybridized carbons (Fsp3) is 0.286. The monoisotopic (exact) mass is 307 g/mol. The SMILES string of the molecule is O=c1[nH]c(=S)[nH]c2c1CN(Cc1cccc(Cl)c1)CC2. The second-order valence-electron chi connectivity index (χ2n) is 4.96. The Kier molecular flexibility index (Phi) is 3.74. The van der Waals surface area contributed by atoms with Gasteiger partial charge < -0.3 is 4.98 Å². The fourth-order valence-electron chi connectivity index (χ4n) is 2.54. The summed E-state index contributed by atoms with van der Waals surface area (Å²) in [4.78, 5) is 19.9. The average molecular weight is 308 g/mol. The molecule has 0 bridgehead atoms. The number of halogens is 1. The average Bonchev–Trinajstić information content (AvgIpc) is 2.39. The highest BCUT2D eigenvalue weighted by Gasteiger charge is 2.19. The number of hydrogen-bond acceptors (Lipinski definition) is 3. The third kappa shape index (κ3) is 2.85. The summed E-state index contributed by atoms with van der Waals surface area (Å²) in [6, 6.07) is 7.81. The number of benzene rings is 1. The summed E-state index contributed by atoms with van der Waals surface area (Å²) >= 11 is 11.0. The van der Waals surface area contributed by atoms with Crippen LogP contribution in [-0.4, -0.2) is 21.4 Å². The lowest BCUT2D eigenvalue weighted by molar-refractivity contribution is 0.241. The van der Waals surface area contributed by atoms with E-state index in [0.717, 1.165) is 41.4 Å². The highest BCUT2D eigenvalue weighted by atomic mass is 35.5. The Bertz CT molecular complexity index is 753. The van der Waals surface area contributed by atoms with Gasteiger partial charge in [-0.1, -0.05) is 23.7 Å². The predicted octanol–water partition coefficient (Wildman–Crippen LogP) is 2.64. The maximum atomic E-state index is 11.9. The van der Waals surface area contributed by atoms with E-state index in [1.54, 1.807) is 0 Å². The minimum atomic E-state index is -0.0838. The number of hydrogen-bond donors (Lipinski definition) is 2. The summed E-state index contributed by atoms with van der Waals surface area (Å²) < 4.78 is 0.400. The maximum Gasteiger partial charge on any atom is 0.256 e. The molecule has 6 heteroatoms. The molecular formula is C14H14ClN3OS. The molecule has 1 aromatic heterocycles. The van der Waals surface area contributed by atoms with Crippen LogP contribution < -0.4 is 5.56 Å². The largest absolute Gasteiger partial charge is 0.335 e. The molecule has 2 N–H and O–H groups in total. The van der Waals surface area contributed by atoms with E-state index in [1.165, 1.54) is 0 Å². The van der Waals surface area contributed by atoms with Gasteiger partial charge in [-0.15, -0.1) is 0 Å². The van der Waals surface area contributed by atoms with Gasteiger partial charge >= 0.3 is 0 Å². The number of aromatic amines is 2. The zero-order chi connectivity index (χ0) is 14.1. The van der Waals surface area contributed by atoms with Gasteiger partial charge in [-0.3, -0.25) is 14.7 Å². The molecule has 0 fully saturated rings. The van der Waals surface area contributed by atoms with Crippen LogP contribution in [0.1, 0.15) is 16.8 Å². The second-order valence-corrected chi connectivity index (χ2v) is 5.80. The first-order valence-corrected chi connectivity index (χ1v) is 7.21. The van der Waals surface area contributed by atoms with Gasteiger partial charge in [0.25, 0.3) is 5.56 Å². The standard InChI is InChI=1S/C14H14ClN3OS/c15-10-3-1-2-9(6-10)7-18-5-4-12-11(8-18)13(19)17-14(20)16-12/h1-3,6H,4-5,7-8H2,(H2,16,17,19,20). The number of aromatic nitrogens is 2. The van der Waals surface area contributed by atoms with Crippen molar-refractivity contribution >= 4 is 23.8 Å². The molecule has 20 heavy (non-hydrogen) atoms. The molecule has 1 aromatic carbocycles. The molecule has 1 aliphatic heterocycles. The lowest BCUT2D eigenvalue weighted by Gasteiger charge is -2.27. The minimum Gasteiger partial charge on any atom is -0.335 e. The number of fused-ring (bicyclic) bond motifs is 1. The van der Waals surface area contributed by atoms with Gasteiger partial charge in [0.15, 0.2) is 4.77 Å². The molecule has 0 aliphatic carbocycles. The molecule has 0 unspecified atom stereocenters. The van der Waals surface area contributed by atoms with E-state index in [0.29, 0.717) is 11.3 Å². The van der Waals surface area contributed by atoms with E-state index in [-0.39, 0.29) is 5.56 Å².